The van der Waals surface area contributed by atoms with Crippen LogP contribution in [-0.4, -0.2) is 11.6 Å². The molecule has 64 valence electrons. The Morgan fingerprint density at radius 2 is 0.833 bits per heavy atom. The molecule has 0 spiro atoms. The number of hydrogen-bond acceptors (Lipinski definition) is 2. The summed E-state index contributed by atoms with van der Waals surface area (Å²) in [5.74, 6) is -12.9. The number of Topliss-reactive ketones (excluding diaryl/α,β-unsaturated/α-hetero) is 2. The monoisotopic (exact) mass is 181 g/mol. The lowest BCUT2D eigenvalue weighted by Crippen LogP contribution is -2.16. The van der Waals surface area contributed by atoms with Gasteiger partial charge in [0, 0.05) is 0 Å². The molecule has 0 saturated heterocycles. The van der Waals surface area contributed by atoms with E-state index in [1.165, 1.54) is 0 Å². The number of allylic oxidation sites excluding steroid dienone is 4. The average molecular weight is 181 g/mol. The molecule has 0 N–H and O–H groups in total. The van der Waals surface area contributed by atoms with Crippen molar-refractivity contribution in [1.29, 1.82) is 0 Å². The molecule has 1 aliphatic carbocycles. The summed E-state index contributed by atoms with van der Waals surface area (Å²) in [5, 5.41) is 0. The topological polar surface area (TPSA) is 34.1 Å². The van der Waals surface area contributed by atoms with E-state index < -0.39 is 34.9 Å². The van der Waals surface area contributed by atoms with Crippen molar-refractivity contribution in [1.82, 2.24) is 0 Å². The molecule has 0 radical (unpaired) electrons. The molecular weight excluding hydrogens is 180 g/mol. The van der Waals surface area contributed by atoms with E-state index in [1.807, 2.05) is 0 Å². The van der Waals surface area contributed by atoms with Gasteiger partial charge >= 0.3 is 1.43 Å². The largest absolute Gasteiger partial charge is 1.00 e. The Hall–Kier alpha value is -1.46. The molecule has 0 aromatic rings. The molecule has 0 atom stereocenters. The lowest BCUT2D eigenvalue weighted by atomic mass is 10.1. The summed E-state index contributed by atoms with van der Waals surface area (Å²) in [6.07, 6.45) is 0. The Kier molecular flexibility index (Phi) is 1.83. The van der Waals surface area contributed by atoms with Crippen molar-refractivity contribution in [3.63, 3.8) is 0 Å². The minimum Gasteiger partial charge on any atom is -0.283 e. The van der Waals surface area contributed by atoms with Gasteiger partial charge in [-0.25, -0.2) is 0 Å². The van der Waals surface area contributed by atoms with Gasteiger partial charge in [0.15, 0.2) is 0 Å². The Morgan fingerprint density at radius 1 is 0.667 bits per heavy atom. The predicted octanol–water partition coefficient (Wildman–Crippen LogP) is 1.55. The van der Waals surface area contributed by atoms with E-state index in [0.717, 1.165) is 0 Å². The third-order valence-electron chi connectivity index (χ3n) is 1.18. The van der Waals surface area contributed by atoms with Crippen molar-refractivity contribution in [2.24, 2.45) is 0 Å². The first-order valence-corrected chi connectivity index (χ1v) is 2.66. The normalized spacial score (nSPS) is 19.3. The fraction of sp³-hybridized carbons (Fsp3) is 0. The number of halogens is 4. The average Bonchev–Trinajstić information content (AvgIpc) is 2.08. The molecule has 6 heteroatoms. The standard InChI is InChI=1S/C6F4O2/c7-1-2(8)6(12)4(10)3(9)5(1)11/p+1. The van der Waals surface area contributed by atoms with Gasteiger partial charge in [0.2, 0.25) is 23.3 Å². The van der Waals surface area contributed by atoms with E-state index >= 15 is 0 Å². The first-order valence-electron chi connectivity index (χ1n) is 2.66. The maximum absolute atomic E-state index is 12.1. The maximum atomic E-state index is 12.1. The second-order valence-electron chi connectivity index (χ2n) is 1.91. The summed E-state index contributed by atoms with van der Waals surface area (Å²) in [6, 6.07) is 0. The second-order valence-corrected chi connectivity index (χ2v) is 1.91. The first kappa shape index (κ1) is 8.63. The third kappa shape index (κ3) is 0.956. The summed E-state index contributed by atoms with van der Waals surface area (Å²) in [7, 11) is 0. The highest BCUT2D eigenvalue weighted by atomic mass is 19.2. The van der Waals surface area contributed by atoms with Gasteiger partial charge in [-0.15, -0.1) is 0 Å². The van der Waals surface area contributed by atoms with Crippen molar-refractivity contribution in [3.05, 3.63) is 23.3 Å². The summed E-state index contributed by atoms with van der Waals surface area (Å²) < 4.78 is 48.6. The summed E-state index contributed by atoms with van der Waals surface area (Å²) >= 11 is 0. The zero-order valence-electron chi connectivity index (χ0n) is 6.33. The van der Waals surface area contributed by atoms with Crippen LogP contribution in [0.2, 0.25) is 0 Å². The lowest BCUT2D eigenvalue weighted by molar-refractivity contribution is -0.120. The minimum atomic E-state index is -2.20. The molecule has 12 heavy (non-hydrogen) atoms. The van der Waals surface area contributed by atoms with Crippen molar-refractivity contribution in [2.75, 3.05) is 0 Å². The minimum absolute atomic E-state index is 0. The number of carbonyl (C=O) groups excluding carboxylic acids is 2. The Balaban J connectivity index is 0.00000144. The summed E-state index contributed by atoms with van der Waals surface area (Å²) in [5.41, 5.74) is 0. The molecule has 0 fully saturated rings. The van der Waals surface area contributed by atoms with Crippen molar-refractivity contribution in [2.45, 2.75) is 0 Å². The van der Waals surface area contributed by atoms with Crippen LogP contribution in [0.15, 0.2) is 23.3 Å². The quantitative estimate of drug-likeness (QED) is 0.419. The second kappa shape index (κ2) is 2.54. The van der Waals surface area contributed by atoms with Crippen LogP contribution in [0, 0.1) is 0 Å². The van der Waals surface area contributed by atoms with Crippen LogP contribution in [0.3, 0.4) is 0 Å². The van der Waals surface area contributed by atoms with Crippen molar-refractivity contribution >= 4 is 11.6 Å². The zero-order chi connectivity index (χ0) is 9.46. The van der Waals surface area contributed by atoms with Crippen LogP contribution in [0.25, 0.3) is 0 Å². The maximum Gasteiger partial charge on any atom is 1.00 e. The highest BCUT2D eigenvalue weighted by molar-refractivity contribution is 6.21. The van der Waals surface area contributed by atoms with Crippen molar-refractivity contribution in [3.8, 4) is 0 Å². The van der Waals surface area contributed by atoms with E-state index in [1.54, 1.807) is 0 Å². The van der Waals surface area contributed by atoms with Crippen molar-refractivity contribution < 1.29 is 28.6 Å². The molecule has 0 aromatic carbocycles. The van der Waals surface area contributed by atoms with Crippen LogP contribution in [0.5, 0.6) is 0 Å². The smallest absolute Gasteiger partial charge is 0.283 e. The number of hydrogen-bond donors (Lipinski definition) is 0. The van der Waals surface area contributed by atoms with E-state index in [0.29, 0.717) is 0 Å². The van der Waals surface area contributed by atoms with E-state index in [2.05, 4.69) is 0 Å². The Morgan fingerprint density at radius 3 is 1.00 bits per heavy atom. The van der Waals surface area contributed by atoms with Crippen LogP contribution < -0.4 is 0 Å². The SMILES string of the molecule is O=C1C(F)=C(F)C(=O)C(F)=C1F.[H+]. The van der Waals surface area contributed by atoms with Gasteiger partial charge in [0.05, 0.1) is 0 Å². The molecule has 2 nitrogen and oxygen atoms in total. The van der Waals surface area contributed by atoms with Gasteiger partial charge in [-0.3, -0.25) is 9.59 Å². The fourth-order valence-electron chi connectivity index (χ4n) is 0.591. The zero-order valence-corrected chi connectivity index (χ0v) is 5.33. The molecule has 0 saturated carbocycles. The van der Waals surface area contributed by atoms with Gasteiger partial charge < -0.3 is 0 Å². The van der Waals surface area contributed by atoms with Gasteiger partial charge in [-0.2, -0.15) is 17.6 Å². The van der Waals surface area contributed by atoms with E-state index in [9.17, 15) is 27.2 Å². The fourth-order valence-corrected chi connectivity index (χ4v) is 0.591. The molecule has 0 aromatic heterocycles. The molecule has 0 bridgehead atoms. The molecule has 0 unspecified atom stereocenters. The molecule has 0 aliphatic heterocycles. The number of ketones is 2. The van der Waals surface area contributed by atoms with Crippen LogP contribution in [0.4, 0.5) is 17.6 Å². The van der Waals surface area contributed by atoms with Gasteiger partial charge in [-0.05, 0) is 0 Å². The van der Waals surface area contributed by atoms with E-state index in [-0.39, 0.29) is 1.43 Å². The van der Waals surface area contributed by atoms with Gasteiger partial charge in [0.25, 0.3) is 11.6 Å². The summed E-state index contributed by atoms with van der Waals surface area (Å²) in [4.78, 5) is 20.4. The molecule has 1 rings (SSSR count). The molecular formula is C6HF4O2+. The van der Waals surface area contributed by atoms with Crippen LogP contribution in [-0.2, 0) is 9.59 Å². The predicted molar refractivity (Wildman–Crippen MR) is 29.6 cm³/mol. The summed E-state index contributed by atoms with van der Waals surface area (Å²) in [6.45, 7) is 0. The number of carbonyl (C=O) groups is 2. The number of rotatable bonds is 0. The lowest BCUT2D eigenvalue weighted by Gasteiger charge is -2.03. The van der Waals surface area contributed by atoms with E-state index in [4.69, 9.17) is 0 Å². The Bertz CT molecular complexity index is 283. The highest BCUT2D eigenvalue weighted by Gasteiger charge is 2.36. The van der Waals surface area contributed by atoms with Gasteiger partial charge in [-0.1, -0.05) is 0 Å². The Labute approximate surface area is 64.6 Å². The van der Waals surface area contributed by atoms with Crippen LogP contribution >= 0.6 is 0 Å². The van der Waals surface area contributed by atoms with Gasteiger partial charge in [0.1, 0.15) is 0 Å². The first-order chi connectivity index (χ1) is 5.46. The molecule has 0 amide bonds. The highest BCUT2D eigenvalue weighted by Crippen LogP contribution is 2.27. The van der Waals surface area contributed by atoms with Crippen LogP contribution in [0.1, 0.15) is 1.43 Å². The molecule has 1 aliphatic rings. The molecule has 0 heterocycles. The third-order valence-corrected chi connectivity index (χ3v) is 1.18.